The fourth-order valence-corrected chi connectivity index (χ4v) is 3.25. The lowest BCUT2D eigenvalue weighted by Gasteiger charge is -2.32. The minimum absolute atomic E-state index is 0.145. The van der Waals surface area contributed by atoms with Gasteiger partial charge in [0.25, 0.3) is 0 Å². The van der Waals surface area contributed by atoms with Gasteiger partial charge in [-0.2, -0.15) is 5.10 Å². The summed E-state index contributed by atoms with van der Waals surface area (Å²) in [6, 6.07) is 0. The number of carbonyl (C=O) groups excluding carboxylic acids is 1. The summed E-state index contributed by atoms with van der Waals surface area (Å²) in [6.07, 6.45) is 12.5. The Hall–Kier alpha value is -1.12. The zero-order valence-electron chi connectivity index (χ0n) is 10.2. The number of nitrogens with zero attached hydrogens (tertiary/aromatic N) is 1. The van der Waals surface area contributed by atoms with Gasteiger partial charge in [-0.15, -0.1) is 0 Å². The second kappa shape index (κ2) is 4.63. The number of nitrogens with one attached hydrogen (secondary N) is 1. The molecule has 2 atom stereocenters. The summed E-state index contributed by atoms with van der Waals surface area (Å²) in [6.45, 7) is 0. The van der Waals surface area contributed by atoms with Crippen molar-refractivity contribution in [3.8, 4) is 0 Å². The number of rotatable bonds is 2. The van der Waals surface area contributed by atoms with Gasteiger partial charge in [-0.05, 0) is 31.6 Å². The smallest absolute Gasteiger partial charge is 0.243 e. The van der Waals surface area contributed by atoms with Gasteiger partial charge in [-0.1, -0.05) is 31.4 Å². The number of fused-ring (bicyclic) bond motifs is 1. The normalized spacial score (nSPS) is 34.5. The van der Waals surface area contributed by atoms with E-state index < -0.39 is 0 Å². The van der Waals surface area contributed by atoms with E-state index in [1.54, 1.807) is 0 Å². The van der Waals surface area contributed by atoms with E-state index in [-0.39, 0.29) is 11.8 Å². The number of amides is 1. The quantitative estimate of drug-likeness (QED) is 0.577. The summed E-state index contributed by atoms with van der Waals surface area (Å²) >= 11 is 0. The van der Waals surface area contributed by atoms with E-state index in [9.17, 15) is 4.79 Å². The molecule has 92 valence electrons. The van der Waals surface area contributed by atoms with Crippen LogP contribution in [0.4, 0.5) is 0 Å². The van der Waals surface area contributed by atoms with Gasteiger partial charge in [0, 0.05) is 17.5 Å². The Morgan fingerprint density at radius 3 is 2.88 bits per heavy atom. The molecule has 0 aromatic rings. The molecule has 3 rings (SSSR count). The van der Waals surface area contributed by atoms with Crippen molar-refractivity contribution < 1.29 is 4.79 Å². The highest BCUT2D eigenvalue weighted by Gasteiger charge is 2.38. The van der Waals surface area contributed by atoms with Crippen LogP contribution in [0.1, 0.15) is 44.9 Å². The Morgan fingerprint density at radius 2 is 2.12 bits per heavy atom. The van der Waals surface area contributed by atoms with Gasteiger partial charge in [-0.25, -0.2) is 5.43 Å². The van der Waals surface area contributed by atoms with Crippen molar-refractivity contribution in [2.45, 2.75) is 44.9 Å². The Kier molecular flexibility index (Phi) is 3.00. The van der Waals surface area contributed by atoms with Crippen LogP contribution in [0.5, 0.6) is 0 Å². The van der Waals surface area contributed by atoms with E-state index in [2.05, 4.69) is 22.7 Å². The molecule has 0 unspecified atom stereocenters. The maximum atomic E-state index is 11.9. The first kappa shape index (κ1) is 11.0. The number of allylic oxidation sites excluding steroid dienone is 2. The molecule has 3 heteroatoms. The Morgan fingerprint density at radius 1 is 1.29 bits per heavy atom. The van der Waals surface area contributed by atoms with Crippen LogP contribution in [-0.4, -0.2) is 11.6 Å². The molecule has 0 spiro atoms. The van der Waals surface area contributed by atoms with E-state index in [0.29, 0.717) is 11.8 Å². The molecule has 2 fully saturated rings. The van der Waals surface area contributed by atoms with Gasteiger partial charge in [0.1, 0.15) is 0 Å². The molecule has 0 aliphatic heterocycles. The van der Waals surface area contributed by atoms with Crippen molar-refractivity contribution in [1.29, 1.82) is 0 Å². The van der Waals surface area contributed by atoms with Gasteiger partial charge >= 0.3 is 0 Å². The molecule has 0 heterocycles. The van der Waals surface area contributed by atoms with Crippen LogP contribution in [0.15, 0.2) is 17.3 Å². The first-order valence-electron chi connectivity index (χ1n) is 6.87. The highest BCUT2D eigenvalue weighted by Crippen LogP contribution is 2.40. The van der Waals surface area contributed by atoms with E-state index in [1.165, 1.54) is 25.0 Å². The summed E-state index contributed by atoms with van der Waals surface area (Å²) in [5.41, 5.74) is 3.99. The molecule has 0 aromatic heterocycles. The third-order valence-corrected chi connectivity index (χ3v) is 4.45. The maximum Gasteiger partial charge on any atom is 0.243 e. The fraction of sp³-hybridized carbons (Fsp3) is 0.714. The standard InChI is InChI=1S/C14H20N2O/c17-14(10-5-2-1-3-6-10)16-15-13-9-11-7-4-8-12(11)13/h4,7,10-12H,1-3,5-6,8-9H2,(H,16,17)/b15-13+/t11-,12-/m0/s1. The van der Waals surface area contributed by atoms with Crippen molar-refractivity contribution in [1.82, 2.24) is 5.43 Å². The van der Waals surface area contributed by atoms with E-state index >= 15 is 0 Å². The lowest BCUT2D eigenvalue weighted by molar-refractivity contribution is -0.125. The zero-order chi connectivity index (χ0) is 11.7. The zero-order valence-corrected chi connectivity index (χ0v) is 10.2. The van der Waals surface area contributed by atoms with Crippen molar-refractivity contribution in [2.24, 2.45) is 22.9 Å². The second-order valence-corrected chi connectivity index (χ2v) is 5.55. The molecule has 0 aromatic carbocycles. The predicted octanol–water partition coefficient (Wildman–Crippen LogP) is 2.63. The van der Waals surface area contributed by atoms with Crippen molar-refractivity contribution in [3.05, 3.63) is 12.2 Å². The first-order chi connectivity index (χ1) is 8.34. The number of hydrogen-bond acceptors (Lipinski definition) is 2. The molecule has 2 saturated carbocycles. The molecular weight excluding hydrogens is 212 g/mol. The van der Waals surface area contributed by atoms with Gasteiger partial charge in [0.05, 0.1) is 0 Å². The van der Waals surface area contributed by atoms with Crippen LogP contribution in [0.3, 0.4) is 0 Å². The third kappa shape index (κ3) is 2.15. The molecular formula is C14H20N2O. The van der Waals surface area contributed by atoms with Gasteiger partial charge < -0.3 is 0 Å². The Labute approximate surface area is 102 Å². The molecule has 17 heavy (non-hydrogen) atoms. The lowest BCUT2D eigenvalue weighted by Crippen LogP contribution is -2.37. The number of hydrogen-bond donors (Lipinski definition) is 1. The van der Waals surface area contributed by atoms with E-state index in [4.69, 9.17) is 0 Å². The van der Waals surface area contributed by atoms with Crippen LogP contribution in [0.2, 0.25) is 0 Å². The summed E-state index contributed by atoms with van der Waals surface area (Å²) < 4.78 is 0. The monoisotopic (exact) mass is 232 g/mol. The average Bonchev–Trinajstić information content (AvgIpc) is 2.72. The van der Waals surface area contributed by atoms with E-state index in [0.717, 1.165) is 25.7 Å². The van der Waals surface area contributed by atoms with Crippen LogP contribution >= 0.6 is 0 Å². The van der Waals surface area contributed by atoms with Gasteiger partial charge in [-0.3, -0.25) is 4.79 Å². The van der Waals surface area contributed by atoms with Crippen molar-refractivity contribution in [2.75, 3.05) is 0 Å². The van der Waals surface area contributed by atoms with Crippen molar-refractivity contribution in [3.63, 3.8) is 0 Å². The Balaban J connectivity index is 1.50. The maximum absolute atomic E-state index is 11.9. The molecule has 1 N–H and O–H groups in total. The van der Waals surface area contributed by atoms with Gasteiger partial charge in [0.2, 0.25) is 5.91 Å². The van der Waals surface area contributed by atoms with Crippen LogP contribution in [0.25, 0.3) is 0 Å². The summed E-state index contributed by atoms with van der Waals surface area (Å²) in [5, 5.41) is 4.32. The van der Waals surface area contributed by atoms with E-state index in [1.807, 2.05) is 0 Å². The highest BCUT2D eigenvalue weighted by atomic mass is 16.2. The van der Waals surface area contributed by atoms with Crippen molar-refractivity contribution >= 4 is 11.6 Å². The topological polar surface area (TPSA) is 41.5 Å². The summed E-state index contributed by atoms with van der Waals surface area (Å²) in [7, 11) is 0. The fourth-order valence-electron chi connectivity index (χ4n) is 3.25. The molecule has 0 saturated heterocycles. The molecule has 3 aliphatic rings. The van der Waals surface area contributed by atoms with Gasteiger partial charge in [0.15, 0.2) is 0 Å². The molecule has 1 amide bonds. The third-order valence-electron chi connectivity index (χ3n) is 4.45. The molecule has 3 nitrogen and oxygen atoms in total. The second-order valence-electron chi connectivity index (χ2n) is 5.55. The molecule has 0 bridgehead atoms. The summed E-state index contributed by atoms with van der Waals surface area (Å²) in [5.74, 6) is 1.67. The van der Waals surface area contributed by atoms with Crippen LogP contribution in [-0.2, 0) is 4.79 Å². The minimum Gasteiger partial charge on any atom is -0.273 e. The van der Waals surface area contributed by atoms with Crippen LogP contribution in [0, 0.1) is 17.8 Å². The lowest BCUT2D eigenvalue weighted by atomic mass is 9.74. The first-order valence-corrected chi connectivity index (χ1v) is 6.87. The SMILES string of the molecule is O=C(N/N=C1\C[C@@H]2C=CC[C@H]12)C1CCCCC1. The molecule has 3 aliphatic carbocycles. The summed E-state index contributed by atoms with van der Waals surface area (Å²) in [4.78, 5) is 11.9. The highest BCUT2D eigenvalue weighted by molar-refractivity contribution is 5.95. The Bertz CT molecular complexity index is 366. The largest absolute Gasteiger partial charge is 0.273 e. The molecule has 0 radical (unpaired) electrons. The number of hydrazone groups is 1. The average molecular weight is 232 g/mol. The van der Waals surface area contributed by atoms with Crippen LogP contribution < -0.4 is 5.43 Å². The minimum atomic E-state index is 0.145. The predicted molar refractivity (Wildman–Crippen MR) is 67.5 cm³/mol. The number of carbonyl (C=O) groups is 1.